The minimum absolute atomic E-state index is 0.0647. The van der Waals surface area contributed by atoms with Gasteiger partial charge in [0, 0.05) is 33.4 Å². The highest BCUT2D eigenvalue weighted by Gasteiger charge is 2.37. The smallest absolute Gasteiger partial charge is 0.305 e. The molecule has 6 heteroatoms. The molecule has 2 N–H and O–H groups in total. The number of aromatic nitrogens is 2. The Morgan fingerprint density at radius 3 is 2.59 bits per heavy atom. The first-order valence-electron chi connectivity index (χ1n) is 8.73. The molecule has 0 unspecified atom stereocenters. The second-order valence-corrected chi connectivity index (χ2v) is 8.67. The molecular weight excluding hydrogens is 376 g/mol. The predicted octanol–water partition coefficient (Wildman–Crippen LogP) is 4.64. The SMILES string of the molecule is O=C[C@@H]1CSc2[nH]c(=O)sc2[C@@H]1c1c(-c2ccccc2)[nH]c2ccccc12. The van der Waals surface area contributed by atoms with Gasteiger partial charge in [0.05, 0.1) is 10.7 Å². The molecule has 0 saturated heterocycles. The lowest BCUT2D eigenvalue weighted by molar-refractivity contribution is -0.110. The Kier molecular flexibility index (Phi) is 4.02. The van der Waals surface area contributed by atoms with E-state index in [9.17, 15) is 9.59 Å². The summed E-state index contributed by atoms with van der Waals surface area (Å²) in [6, 6.07) is 18.3. The van der Waals surface area contributed by atoms with E-state index in [-0.39, 0.29) is 16.7 Å². The van der Waals surface area contributed by atoms with Gasteiger partial charge in [-0.3, -0.25) is 4.79 Å². The third kappa shape index (κ3) is 2.67. The summed E-state index contributed by atoms with van der Waals surface area (Å²) < 4.78 is 0. The van der Waals surface area contributed by atoms with Crippen LogP contribution in [-0.2, 0) is 4.79 Å². The topological polar surface area (TPSA) is 65.7 Å². The number of benzene rings is 2. The zero-order chi connectivity index (χ0) is 18.4. The molecule has 1 aliphatic heterocycles. The number of fused-ring (bicyclic) bond motifs is 2. The Labute approximate surface area is 163 Å². The van der Waals surface area contributed by atoms with Gasteiger partial charge in [0.2, 0.25) is 0 Å². The number of aldehydes is 1. The number of carbonyl (C=O) groups is 1. The van der Waals surface area contributed by atoms with Crippen molar-refractivity contribution in [2.75, 3.05) is 5.75 Å². The molecule has 27 heavy (non-hydrogen) atoms. The number of rotatable bonds is 3. The number of aromatic amines is 2. The van der Waals surface area contributed by atoms with Crippen molar-refractivity contribution in [2.45, 2.75) is 10.9 Å². The summed E-state index contributed by atoms with van der Waals surface area (Å²) in [5, 5.41) is 2.00. The highest BCUT2D eigenvalue weighted by atomic mass is 32.2. The minimum atomic E-state index is -0.171. The fourth-order valence-corrected chi connectivity index (χ4v) is 6.24. The van der Waals surface area contributed by atoms with Gasteiger partial charge in [-0.15, -0.1) is 11.8 Å². The predicted molar refractivity (Wildman–Crippen MR) is 111 cm³/mol. The van der Waals surface area contributed by atoms with Crippen LogP contribution in [0.1, 0.15) is 16.4 Å². The van der Waals surface area contributed by atoms with Gasteiger partial charge >= 0.3 is 4.87 Å². The molecule has 5 rings (SSSR count). The van der Waals surface area contributed by atoms with Crippen molar-refractivity contribution >= 4 is 40.3 Å². The van der Waals surface area contributed by atoms with Crippen LogP contribution in [0.4, 0.5) is 0 Å². The molecule has 0 radical (unpaired) electrons. The Morgan fingerprint density at radius 1 is 1.00 bits per heavy atom. The van der Waals surface area contributed by atoms with E-state index in [4.69, 9.17) is 0 Å². The first-order chi connectivity index (χ1) is 13.3. The largest absolute Gasteiger partial charge is 0.354 e. The van der Waals surface area contributed by atoms with Gasteiger partial charge in [-0.1, -0.05) is 59.9 Å². The maximum atomic E-state index is 12.0. The number of para-hydroxylation sites is 1. The van der Waals surface area contributed by atoms with Crippen molar-refractivity contribution in [3.8, 4) is 11.3 Å². The van der Waals surface area contributed by atoms with Crippen LogP contribution >= 0.6 is 23.1 Å². The summed E-state index contributed by atoms with van der Waals surface area (Å²) in [5.41, 5.74) is 4.24. The number of nitrogens with one attached hydrogen (secondary N) is 2. The maximum absolute atomic E-state index is 12.0. The summed E-state index contributed by atoms with van der Waals surface area (Å²) >= 11 is 2.79. The molecule has 4 nitrogen and oxygen atoms in total. The van der Waals surface area contributed by atoms with E-state index >= 15 is 0 Å². The fourth-order valence-electron chi connectivity index (χ4n) is 3.89. The summed E-state index contributed by atoms with van der Waals surface area (Å²) in [6.45, 7) is 0. The van der Waals surface area contributed by atoms with Gasteiger partial charge in [-0.05, 0) is 17.2 Å². The fraction of sp³-hybridized carbons (Fsp3) is 0.143. The molecular formula is C21H16N2O2S2. The standard InChI is InChI=1S/C21H16N2O2S2/c24-10-13-11-26-20-19(27-21(25)23-20)16(13)17-14-8-4-5-9-15(14)22-18(17)12-6-2-1-3-7-12/h1-10,13,16,22H,11H2,(H,23,25)/t13-,16+/m1/s1. The van der Waals surface area contributed by atoms with E-state index in [1.807, 2.05) is 30.3 Å². The van der Waals surface area contributed by atoms with Crippen LogP contribution in [0.2, 0.25) is 0 Å². The lowest BCUT2D eigenvalue weighted by atomic mass is 9.83. The van der Waals surface area contributed by atoms with Crippen molar-refractivity contribution in [2.24, 2.45) is 5.92 Å². The number of thiazole rings is 1. The van der Waals surface area contributed by atoms with Crippen molar-refractivity contribution in [1.29, 1.82) is 0 Å². The zero-order valence-electron chi connectivity index (χ0n) is 14.3. The molecule has 2 atom stereocenters. The number of hydrogen-bond acceptors (Lipinski definition) is 4. The Bertz CT molecular complexity index is 1190. The summed E-state index contributed by atoms with van der Waals surface area (Å²) in [6.07, 6.45) is 1.04. The lowest BCUT2D eigenvalue weighted by Crippen LogP contribution is -2.22. The van der Waals surface area contributed by atoms with Gasteiger partial charge < -0.3 is 14.8 Å². The second kappa shape index (κ2) is 6.55. The van der Waals surface area contributed by atoms with Gasteiger partial charge in [0.15, 0.2) is 0 Å². The second-order valence-electron chi connectivity index (χ2n) is 6.62. The van der Waals surface area contributed by atoms with Crippen LogP contribution in [0.5, 0.6) is 0 Å². The molecule has 0 saturated carbocycles. The molecule has 2 aromatic heterocycles. The van der Waals surface area contributed by atoms with E-state index in [0.717, 1.165) is 43.9 Å². The Morgan fingerprint density at radius 2 is 1.78 bits per heavy atom. The van der Waals surface area contributed by atoms with Gasteiger partial charge in [-0.2, -0.15) is 0 Å². The van der Waals surface area contributed by atoms with Crippen LogP contribution in [0.3, 0.4) is 0 Å². The van der Waals surface area contributed by atoms with Crippen LogP contribution in [0.15, 0.2) is 64.4 Å². The van der Waals surface area contributed by atoms with Crippen LogP contribution in [0.25, 0.3) is 22.2 Å². The molecule has 4 aromatic rings. The van der Waals surface area contributed by atoms with Crippen molar-refractivity contribution in [3.63, 3.8) is 0 Å². The molecule has 2 aromatic carbocycles. The molecule has 0 amide bonds. The summed E-state index contributed by atoms with van der Waals surface area (Å²) in [4.78, 5) is 31.4. The zero-order valence-corrected chi connectivity index (χ0v) is 15.9. The number of carbonyl (C=O) groups excluding carboxylic acids is 1. The quantitative estimate of drug-likeness (QED) is 0.499. The third-order valence-corrected chi connectivity index (χ3v) is 7.32. The average molecular weight is 393 g/mol. The molecule has 0 spiro atoms. The highest BCUT2D eigenvalue weighted by molar-refractivity contribution is 7.99. The number of hydrogen-bond donors (Lipinski definition) is 2. The minimum Gasteiger partial charge on any atom is -0.354 e. The van der Waals surface area contributed by atoms with E-state index in [1.165, 1.54) is 11.3 Å². The van der Waals surface area contributed by atoms with E-state index in [0.29, 0.717) is 5.75 Å². The van der Waals surface area contributed by atoms with Crippen molar-refractivity contribution < 1.29 is 4.79 Å². The van der Waals surface area contributed by atoms with Gasteiger partial charge in [0.25, 0.3) is 0 Å². The number of H-pyrrole nitrogens is 2. The summed E-state index contributed by atoms with van der Waals surface area (Å²) in [5.74, 6) is 0.367. The van der Waals surface area contributed by atoms with Gasteiger partial charge in [-0.25, -0.2) is 0 Å². The normalized spacial score (nSPS) is 19.1. The van der Waals surface area contributed by atoms with Crippen LogP contribution < -0.4 is 4.87 Å². The first kappa shape index (κ1) is 16.6. The maximum Gasteiger partial charge on any atom is 0.305 e. The number of thioether (sulfide) groups is 1. The average Bonchev–Trinajstić information content (AvgIpc) is 3.27. The van der Waals surface area contributed by atoms with Crippen molar-refractivity contribution in [1.82, 2.24) is 9.97 Å². The molecule has 3 heterocycles. The van der Waals surface area contributed by atoms with Crippen molar-refractivity contribution in [3.05, 3.63) is 74.7 Å². The van der Waals surface area contributed by atoms with E-state index < -0.39 is 0 Å². The van der Waals surface area contributed by atoms with E-state index in [2.05, 4.69) is 34.2 Å². The molecule has 134 valence electrons. The van der Waals surface area contributed by atoms with Gasteiger partial charge in [0.1, 0.15) is 6.29 Å². The monoisotopic (exact) mass is 392 g/mol. The van der Waals surface area contributed by atoms with Crippen LogP contribution in [0, 0.1) is 5.92 Å². The Balaban J connectivity index is 1.84. The highest BCUT2D eigenvalue weighted by Crippen LogP contribution is 2.49. The third-order valence-electron chi connectivity index (χ3n) is 5.07. The van der Waals surface area contributed by atoms with E-state index in [1.54, 1.807) is 11.8 Å². The molecule has 0 fully saturated rings. The first-order valence-corrected chi connectivity index (χ1v) is 10.5. The lowest BCUT2D eigenvalue weighted by Gasteiger charge is -2.28. The Hall–Kier alpha value is -2.57. The molecule has 0 bridgehead atoms. The molecule has 0 aliphatic carbocycles. The summed E-state index contributed by atoms with van der Waals surface area (Å²) in [7, 11) is 0. The van der Waals surface area contributed by atoms with Crippen LogP contribution in [-0.4, -0.2) is 22.0 Å². The molecule has 1 aliphatic rings.